The normalized spacial score (nSPS) is 11.5. The summed E-state index contributed by atoms with van der Waals surface area (Å²) in [5.74, 6) is 0. The molecule has 0 amide bonds. The molecule has 0 spiro atoms. The predicted molar refractivity (Wildman–Crippen MR) is 68.4 cm³/mol. The molecule has 2 rings (SSSR count). The number of hydrogen-bond donors (Lipinski definition) is 1. The Morgan fingerprint density at radius 1 is 1.12 bits per heavy atom. The molecule has 0 saturated heterocycles. The van der Waals surface area contributed by atoms with Crippen molar-refractivity contribution < 1.29 is 0 Å². The van der Waals surface area contributed by atoms with Crippen LogP contribution in [0.15, 0.2) is 42.5 Å². The summed E-state index contributed by atoms with van der Waals surface area (Å²) < 4.78 is 0. The second kappa shape index (κ2) is 5.50. The SMILES string of the molecule is Cl.N#CC[C@H](N)c1ccc2ccccc2c1. The van der Waals surface area contributed by atoms with Gasteiger partial charge in [-0.2, -0.15) is 5.26 Å². The molecule has 0 heterocycles. The Labute approximate surface area is 101 Å². The van der Waals surface area contributed by atoms with Gasteiger partial charge in [0.05, 0.1) is 12.5 Å². The summed E-state index contributed by atoms with van der Waals surface area (Å²) in [5.41, 5.74) is 6.90. The van der Waals surface area contributed by atoms with Gasteiger partial charge in [0.1, 0.15) is 0 Å². The van der Waals surface area contributed by atoms with E-state index >= 15 is 0 Å². The van der Waals surface area contributed by atoms with Crippen LogP contribution in [0.1, 0.15) is 18.0 Å². The number of nitrogens with two attached hydrogens (primary N) is 1. The van der Waals surface area contributed by atoms with Gasteiger partial charge in [0.2, 0.25) is 0 Å². The van der Waals surface area contributed by atoms with Gasteiger partial charge >= 0.3 is 0 Å². The van der Waals surface area contributed by atoms with Crippen molar-refractivity contribution in [2.75, 3.05) is 0 Å². The topological polar surface area (TPSA) is 49.8 Å². The summed E-state index contributed by atoms with van der Waals surface area (Å²) >= 11 is 0. The van der Waals surface area contributed by atoms with Crippen LogP contribution in [0.3, 0.4) is 0 Å². The number of fused-ring (bicyclic) bond motifs is 1. The third-order valence-corrected chi connectivity index (χ3v) is 2.51. The monoisotopic (exact) mass is 232 g/mol. The zero-order chi connectivity index (χ0) is 10.7. The number of benzene rings is 2. The Bertz CT molecular complexity index is 517. The lowest BCUT2D eigenvalue weighted by Crippen LogP contribution is -2.08. The number of nitrogens with zero attached hydrogens (tertiary/aromatic N) is 1. The minimum absolute atomic E-state index is 0. The molecule has 0 aromatic heterocycles. The Hall–Kier alpha value is -1.56. The third-order valence-electron chi connectivity index (χ3n) is 2.51. The Balaban J connectivity index is 0.00000128. The highest BCUT2D eigenvalue weighted by molar-refractivity contribution is 5.85. The fourth-order valence-electron chi connectivity index (χ4n) is 1.65. The molecule has 82 valence electrons. The summed E-state index contributed by atoms with van der Waals surface area (Å²) in [6.45, 7) is 0. The van der Waals surface area contributed by atoms with Gasteiger partial charge in [0.15, 0.2) is 0 Å². The first kappa shape index (κ1) is 12.5. The van der Waals surface area contributed by atoms with E-state index in [-0.39, 0.29) is 18.4 Å². The van der Waals surface area contributed by atoms with Gasteiger partial charge < -0.3 is 5.73 Å². The first-order chi connectivity index (χ1) is 7.31. The molecule has 1 atom stereocenters. The zero-order valence-electron chi connectivity index (χ0n) is 8.76. The summed E-state index contributed by atoms with van der Waals surface area (Å²) in [4.78, 5) is 0. The van der Waals surface area contributed by atoms with Crippen LogP contribution >= 0.6 is 12.4 Å². The van der Waals surface area contributed by atoms with Gasteiger partial charge in [-0.3, -0.25) is 0 Å². The van der Waals surface area contributed by atoms with Crippen LogP contribution in [0.4, 0.5) is 0 Å². The molecule has 0 bridgehead atoms. The molecule has 0 saturated carbocycles. The average Bonchev–Trinajstić information content (AvgIpc) is 2.29. The highest BCUT2D eigenvalue weighted by Crippen LogP contribution is 2.20. The van der Waals surface area contributed by atoms with Crippen molar-refractivity contribution in [3.63, 3.8) is 0 Å². The van der Waals surface area contributed by atoms with Crippen LogP contribution in [-0.2, 0) is 0 Å². The Kier molecular flexibility index (Phi) is 4.30. The van der Waals surface area contributed by atoms with Gasteiger partial charge in [-0.1, -0.05) is 36.4 Å². The van der Waals surface area contributed by atoms with Gasteiger partial charge in [-0.05, 0) is 22.4 Å². The minimum atomic E-state index is -0.181. The number of nitriles is 1. The van der Waals surface area contributed by atoms with Crippen LogP contribution in [0.2, 0.25) is 0 Å². The van der Waals surface area contributed by atoms with Crippen LogP contribution in [0.5, 0.6) is 0 Å². The maximum absolute atomic E-state index is 8.58. The lowest BCUT2D eigenvalue weighted by Gasteiger charge is -2.08. The number of rotatable bonds is 2. The molecular formula is C13H13ClN2. The zero-order valence-corrected chi connectivity index (χ0v) is 9.58. The molecule has 2 aromatic carbocycles. The molecule has 0 aliphatic rings. The fraction of sp³-hybridized carbons (Fsp3) is 0.154. The van der Waals surface area contributed by atoms with Gasteiger partial charge in [-0.25, -0.2) is 0 Å². The molecular weight excluding hydrogens is 220 g/mol. The lowest BCUT2D eigenvalue weighted by atomic mass is 10.0. The van der Waals surface area contributed by atoms with Crippen molar-refractivity contribution in [1.82, 2.24) is 0 Å². The van der Waals surface area contributed by atoms with E-state index in [1.165, 1.54) is 10.8 Å². The molecule has 0 aliphatic carbocycles. The summed E-state index contributed by atoms with van der Waals surface area (Å²) in [5, 5.41) is 11.0. The Morgan fingerprint density at radius 2 is 1.81 bits per heavy atom. The van der Waals surface area contributed by atoms with Crippen molar-refractivity contribution in [2.24, 2.45) is 5.73 Å². The molecule has 0 aliphatic heterocycles. The average molecular weight is 233 g/mol. The van der Waals surface area contributed by atoms with Crippen LogP contribution in [0.25, 0.3) is 10.8 Å². The highest BCUT2D eigenvalue weighted by Gasteiger charge is 2.05. The first-order valence-electron chi connectivity index (χ1n) is 4.92. The maximum atomic E-state index is 8.58. The smallest absolute Gasteiger partial charge is 0.0641 e. The van der Waals surface area contributed by atoms with E-state index in [0.29, 0.717) is 6.42 Å². The molecule has 0 radical (unpaired) electrons. The van der Waals surface area contributed by atoms with Crippen molar-refractivity contribution >= 4 is 23.2 Å². The van der Waals surface area contributed by atoms with Crippen LogP contribution in [0, 0.1) is 11.3 Å². The highest BCUT2D eigenvalue weighted by atomic mass is 35.5. The molecule has 16 heavy (non-hydrogen) atoms. The van der Waals surface area contributed by atoms with Gasteiger partial charge in [0.25, 0.3) is 0 Å². The van der Waals surface area contributed by atoms with Crippen molar-refractivity contribution in [2.45, 2.75) is 12.5 Å². The largest absolute Gasteiger partial charge is 0.323 e. The lowest BCUT2D eigenvalue weighted by molar-refractivity contribution is 0.750. The van der Waals surface area contributed by atoms with Gasteiger partial charge in [-0.15, -0.1) is 12.4 Å². The second-order valence-corrected chi connectivity index (χ2v) is 3.58. The number of halogens is 1. The second-order valence-electron chi connectivity index (χ2n) is 3.58. The van der Waals surface area contributed by atoms with Crippen LogP contribution < -0.4 is 5.73 Å². The standard InChI is InChI=1S/C13H12N2.ClH/c14-8-7-13(15)12-6-5-10-3-1-2-4-11(10)9-12;/h1-6,9,13H,7,15H2;1H/t13-;/m0./s1. The fourth-order valence-corrected chi connectivity index (χ4v) is 1.65. The van der Waals surface area contributed by atoms with E-state index < -0.39 is 0 Å². The van der Waals surface area contributed by atoms with E-state index in [4.69, 9.17) is 11.0 Å². The van der Waals surface area contributed by atoms with E-state index in [0.717, 1.165) is 5.56 Å². The molecule has 2 nitrogen and oxygen atoms in total. The van der Waals surface area contributed by atoms with E-state index in [9.17, 15) is 0 Å². The minimum Gasteiger partial charge on any atom is -0.323 e. The molecule has 2 aromatic rings. The van der Waals surface area contributed by atoms with E-state index in [1.54, 1.807) is 0 Å². The summed E-state index contributed by atoms with van der Waals surface area (Å²) in [6, 6.07) is 16.1. The van der Waals surface area contributed by atoms with Crippen molar-refractivity contribution in [3.8, 4) is 6.07 Å². The maximum Gasteiger partial charge on any atom is 0.0641 e. The molecule has 0 fully saturated rings. The third kappa shape index (κ3) is 2.52. The quantitative estimate of drug-likeness (QED) is 0.865. The van der Waals surface area contributed by atoms with Gasteiger partial charge in [0, 0.05) is 6.04 Å². The first-order valence-corrected chi connectivity index (χ1v) is 4.92. The molecule has 2 N–H and O–H groups in total. The predicted octanol–water partition coefficient (Wildman–Crippen LogP) is 3.18. The summed E-state index contributed by atoms with van der Waals surface area (Å²) in [6.07, 6.45) is 0.359. The van der Waals surface area contributed by atoms with E-state index in [1.807, 2.05) is 24.3 Å². The number of hydrogen-bond acceptors (Lipinski definition) is 2. The van der Waals surface area contributed by atoms with Crippen molar-refractivity contribution in [1.29, 1.82) is 5.26 Å². The molecule has 3 heteroatoms. The molecule has 0 unspecified atom stereocenters. The van der Waals surface area contributed by atoms with Crippen molar-refractivity contribution in [3.05, 3.63) is 48.0 Å². The van der Waals surface area contributed by atoms with Crippen LogP contribution in [-0.4, -0.2) is 0 Å². The summed E-state index contributed by atoms with van der Waals surface area (Å²) in [7, 11) is 0. The van der Waals surface area contributed by atoms with E-state index in [2.05, 4.69) is 24.3 Å². The Morgan fingerprint density at radius 3 is 2.50 bits per heavy atom.